The summed E-state index contributed by atoms with van der Waals surface area (Å²) in [6.45, 7) is 4.89. The smallest absolute Gasteiger partial charge is 0.152 e. The van der Waals surface area contributed by atoms with Crippen LogP contribution in [0.5, 0.6) is 0 Å². The van der Waals surface area contributed by atoms with Gasteiger partial charge in [0.25, 0.3) is 0 Å². The van der Waals surface area contributed by atoms with Crippen LogP contribution in [0.25, 0.3) is 10.9 Å². The maximum atomic E-state index is 11.3. The lowest BCUT2D eigenvalue weighted by Crippen LogP contribution is -2.02. The van der Waals surface area contributed by atoms with E-state index in [1.54, 1.807) is 0 Å². The second kappa shape index (κ2) is 4.97. The number of hydrogen-bond acceptors (Lipinski definition) is 1. The highest BCUT2D eigenvalue weighted by atomic mass is 16.1. The Morgan fingerprint density at radius 3 is 2.40 bits per heavy atom. The average molecular weight is 263 g/mol. The quantitative estimate of drug-likeness (QED) is 0.651. The molecule has 20 heavy (non-hydrogen) atoms. The fourth-order valence-electron chi connectivity index (χ4n) is 2.69. The summed E-state index contributed by atoms with van der Waals surface area (Å²) in [4.78, 5) is 11.3. The van der Waals surface area contributed by atoms with Crippen LogP contribution in [0.3, 0.4) is 0 Å². The van der Waals surface area contributed by atoms with E-state index in [2.05, 4.69) is 41.8 Å². The molecule has 3 rings (SSSR count). The molecular weight excluding hydrogens is 246 g/mol. The van der Waals surface area contributed by atoms with Gasteiger partial charge >= 0.3 is 0 Å². The fourth-order valence-corrected chi connectivity index (χ4v) is 2.69. The van der Waals surface area contributed by atoms with Crippen molar-refractivity contribution in [3.8, 4) is 0 Å². The van der Waals surface area contributed by atoms with Gasteiger partial charge in [-0.15, -0.1) is 0 Å². The molecule has 100 valence electrons. The molecule has 0 amide bonds. The number of hydrogen-bond donors (Lipinski definition) is 0. The minimum absolute atomic E-state index is 0.792. The molecule has 0 saturated heterocycles. The standard InChI is InChI=1S/C18H17NO/c1-13-7-9-15(10-8-13)11-19-14(2)17(12-20)16-5-3-4-6-18(16)19/h3-10,12H,11H2,1-2H3. The Morgan fingerprint density at radius 2 is 1.70 bits per heavy atom. The van der Waals surface area contributed by atoms with E-state index in [1.165, 1.54) is 11.1 Å². The summed E-state index contributed by atoms with van der Waals surface area (Å²) < 4.78 is 2.21. The first-order valence-electron chi connectivity index (χ1n) is 6.79. The highest BCUT2D eigenvalue weighted by Gasteiger charge is 2.12. The minimum Gasteiger partial charge on any atom is -0.340 e. The maximum absolute atomic E-state index is 11.3. The Hall–Kier alpha value is -2.35. The van der Waals surface area contributed by atoms with Gasteiger partial charge in [-0.05, 0) is 25.5 Å². The normalized spacial score (nSPS) is 10.9. The third-order valence-corrected chi connectivity index (χ3v) is 3.86. The van der Waals surface area contributed by atoms with E-state index < -0.39 is 0 Å². The molecule has 0 unspecified atom stereocenters. The third-order valence-electron chi connectivity index (χ3n) is 3.86. The van der Waals surface area contributed by atoms with Crippen LogP contribution in [0.2, 0.25) is 0 Å². The van der Waals surface area contributed by atoms with Crippen LogP contribution in [-0.4, -0.2) is 10.9 Å². The van der Waals surface area contributed by atoms with Gasteiger partial charge < -0.3 is 4.57 Å². The number of aromatic nitrogens is 1. The number of benzene rings is 2. The highest BCUT2D eigenvalue weighted by molar-refractivity contribution is 5.99. The van der Waals surface area contributed by atoms with E-state index in [-0.39, 0.29) is 0 Å². The Morgan fingerprint density at radius 1 is 1.00 bits per heavy atom. The number of carbonyl (C=O) groups excluding carboxylic acids is 1. The molecule has 2 nitrogen and oxygen atoms in total. The summed E-state index contributed by atoms with van der Waals surface area (Å²) in [6.07, 6.45) is 0.962. The average Bonchev–Trinajstić information content (AvgIpc) is 2.74. The Labute approximate surface area is 118 Å². The molecule has 0 radical (unpaired) electrons. The molecule has 2 aromatic carbocycles. The molecule has 0 atom stereocenters. The highest BCUT2D eigenvalue weighted by Crippen LogP contribution is 2.25. The summed E-state index contributed by atoms with van der Waals surface area (Å²) in [5, 5.41) is 1.03. The van der Waals surface area contributed by atoms with Gasteiger partial charge in [0.2, 0.25) is 0 Å². The lowest BCUT2D eigenvalue weighted by atomic mass is 10.1. The molecule has 0 saturated carbocycles. The lowest BCUT2D eigenvalue weighted by Gasteiger charge is -2.09. The Bertz CT molecular complexity index is 766. The molecule has 0 aliphatic rings. The van der Waals surface area contributed by atoms with Gasteiger partial charge in [-0.1, -0.05) is 48.0 Å². The SMILES string of the molecule is Cc1ccc(Cn2c(C)c(C=O)c3ccccc32)cc1. The van der Waals surface area contributed by atoms with Gasteiger partial charge in [0.15, 0.2) is 6.29 Å². The van der Waals surface area contributed by atoms with Crippen molar-refractivity contribution in [2.24, 2.45) is 0 Å². The first-order valence-corrected chi connectivity index (χ1v) is 6.79. The van der Waals surface area contributed by atoms with Crippen molar-refractivity contribution in [1.82, 2.24) is 4.57 Å². The van der Waals surface area contributed by atoms with Crippen molar-refractivity contribution in [2.75, 3.05) is 0 Å². The molecule has 3 aromatic rings. The molecule has 0 N–H and O–H groups in total. The van der Waals surface area contributed by atoms with E-state index >= 15 is 0 Å². The Balaban J connectivity index is 2.13. The van der Waals surface area contributed by atoms with E-state index in [0.717, 1.165) is 35.0 Å². The van der Waals surface area contributed by atoms with E-state index in [1.807, 2.05) is 25.1 Å². The van der Waals surface area contributed by atoms with Crippen LogP contribution in [0.15, 0.2) is 48.5 Å². The third kappa shape index (κ3) is 2.03. The van der Waals surface area contributed by atoms with Gasteiger partial charge in [0.05, 0.1) is 0 Å². The van der Waals surface area contributed by atoms with Crippen LogP contribution in [0.1, 0.15) is 27.2 Å². The zero-order valence-electron chi connectivity index (χ0n) is 11.8. The molecule has 0 bridgehead atoms. The fraction of sp³-hybridized carbons (Fsp3) is 0.167. The predicted octanol–water partition coefficient (Wildman–Crippen LogP) is 4.12. The Kier molecular flexibility index (Phi) is 3.15. The maximum Gasteiger partial charge on any atom is 0.152 e. The number of aryl methyl sites for hydroxylation is 1. The zero-order chi connectivity index (χ0) is 14.1. The summed E-state index contributed by atoms with van der Waals surface area (Å²) in [6, 6.07) is 16.6. The number of carbonyl (C=O) groups is 1. The summed E-state index contributed by atoms with van der Waals surface area (Å²) in [7, 11) is 0. The van der Waals surface area contributed by atoms with E-state index in [4.69, 9.17) is 0 Å². The van der Waals surface area contributed by atoms with Crippen molar-refractivity contribution in [3.63, 3.8) is 0 Å². The first-order chi connectivity index (χ1) is 9.70. The van der Waals surface area contributed by atoms with Gasteiger partial charge in [0.1, 0.15) is 0 Å². The number of nitrogens with zero attached hydrogens (tertiary/aromatic N) is 1. The van der Waals surface area contributed by atoms with Gasteiger partial charge in [0, 0.05) is 28.7 Å². The summed E-state index contributed by atoms with van der Waals surface area (Å²) in [5.74, 6) is 0. The van der Waals surface area contributed by atoms with Crippen LogP contribution >= 0.6 is 0 Å². The second-order valence-corrected chi connectivity index (χ2v) is 5.21. The number of fused-ring (bicyclic) bond motifs is 1. The van der Waals surface area contributed by atoms with Crippen molar-refractivity contribution in [1.29, 1.82) is 0 Å². The molecular formula is C18H17NO. The number of aldehydes is 1. The van der Waals surface area contributed by atoms with E-state index in [0.29, 0.717) is 0 Å². The summed E-state index contributed by atoms with van der Waals surface area (Å²) >= 11 is 0. The van der Waals surface area contributed by atoms with E-state index in [9.17, 15) is 4.79 Å². The van der Waals surface area contributed by atoms with Gasteiger partial charge in [-0.25, -0.2) is 0 Å². The van der Waals surface area contributed by atoms with Crippen molar-refractivity contribution >= 4 is 17.2 Å². The molecule has 2 heteroatoms. The molecule has 0 spiro atoms. The number of para-hydroxylation sites is 1. The number of rotatable bonds is 3. The predicted molar refractivity (Wildman–Crippen MR) is 82.3 cm³/mol. The van der Waals surface area contributed by atoms with Crippen LogP contribution in [0, 0.1) is 13.8 Å². The van der Waals surface area contributed by atoms with Crippen LogP contribution in [0.4, 0.5) is 0 Å². The van der Waals surface area contributed by atoms with Crippen molar-refractivity contribution < 1.29 is 4.79 Å². The zero-order valence-corrected chi connectivity index (χ0v) is 11.8. The second-order valence-electron chi connectivity index (χ2n) is 5.21. The molecule has 1 aromatic heterocycles. The first kappa shape index (κ1) is 12.7. The van der Waals surface area contributed by atoms with Gasteiger partial charge in [-0.3, -0.25) is 4.79 Å². The topological polar surface area (TPSA) is 22.0 Å². The minimum atomic E-state index is 0.792. The molecule has 0 aliphatic carbocycles. The summed E-state index contributed by atoms with van der Waals surface area (Å²) in [5.41, 5.74) is 5.45. The molecule has 0 fully saturated rings. The molecule has 0 aliphatic heterocycles. The monoisotopic (exact) mass is 263 g/mol. The van der Waals surface area contributed by atoms with Crippen LogP contribution in [-0.2, 0) is 6.54 Å². The van der Waals surface area contributed by atoms with Crippen LogP contribution < -0.4 is 0 Å². The lowest BCUT2D eigenvalue weighted by molar-refractivity contribution is 0.112. The largest absolute Gasteiger partial charge is 0.340 e. The van der Waals surface area contributed by atoms with Gasteiger partial charge in [-0.2, -0.15) is 0 Å². The van der Waals surface area contributed by atoms with Crippen molar-refractivity contribution in [3.05, 3.63) is 70.9 Å². The van der Waals surface area contributed by atoms with Crippen molar-refractivity contribution in [2.45, 2.75) is 20.4 Å². The molecule has 1 heterocycles.